The maximum Gasteiger partial charge on any atom is 0.0598 e. The van der Waals surface area contributed by atoms with Gasteiger partial charge in [-0.05, 0) is 17.7 Å². The number of allylic oxidation sites excluding steroid dienone is 1. The van der Waals surface area contributed by atoms with Gasteiger partial charge in [0.15, 0.2) is 0 Å². The van der Waals surface area contributed by atoms with Gasteiger partial charge in [0.25, 0.3) is 0 Å². The molecule has 1 rings (SSSR count). The molecule has 78 valence electrons. The summed E-state index contributed by atoms with van der Waals surface area (Å²) in [6.45, 7) is 4.00. The van der Waals surface area contributed by atoms with Crippen molar-refractivity contribution >= 4 is 40.9 Å². The topological polar surface area (TPSA) is 0 Å². The summed E-state index contributed by atoms with van der Waals surface area (Å²) in [5.74, 6) is 0.500. The minimum absolute atomic E-state index is 0.500. The molecular weight excluding hydrogens is 238 g/mol. The zero-order valence-corrected chi connectivity index (χ0v) is 10.5. The molecule has 0 heterocycles. The molecule has 0 amide bonds. The highest BCUT2D eigenvalue weighted by Gasteiger charge is 1.95. The van der Waals surface area contributed by atoms with E-state index in [1.807, 2.05) is 32.1 Å². The van der Waals surface area contributed by atoms with Crippen LogP contribution in [0.4, 0.5) is 0 Å². The first kappa shape index (κ1) is 13.8. The average Bonchev–Trinajstić information content (AvgIpc) is 2.23. The van der Waals surface area contributed by atoms with Gasteiger partial charge in [-0.25, -0.2) is 0 Å². The predicted molar refractivity (Wildman–Crippen MR) is 67.6 cm³/mol. The Kier molecular flexibility index (Phi) is 8.07. The highest BCUT2D eigenvalue weighted by Crippen LogP contribution is 2.22. The van der Waals surface area contributed by atoms with E-state index in [2.05, 4.69) is 0 Å². The van der Waals surface area contributed by atoms with E-state index in [-0.39, 0.29) is 0 Å². The van der Waals surface area contributed by atoms with Crippen LogP contribution in [0.15, 0.2) is 24.3 Å². The van der Waals surface area contributed by atoms with E-state index in [1.54, 1.807) is 12.1 Å². The Morgan fingerprint density at radius 3 is 2.29 bits per heavy atom. The second-order valence-corrected chi connectivity index (χ2v) is 3.35. The van der Waals surface area contributed by atoms with Gasteiger partial charge in [-0.15, -0.1) is 11.6 Å². The second-order valence-electron chi connectivity index (χ2n) is 2.23. The summed E-state index contributed by atoms with van der Waals surface area (Å²) in [6.07, 6.45) is 3.75. The van der Waals surface area contributed by atoms with Crippen LogP contribution in [-0.4, -0.2) is 5.88 Å². The van der Waals surface area contributed by atoms with Crippen LogP contribution in [0.25, 0.3) is 6.08 Å². The third kappa shape index (κ3) is 4.90. The maximum atomic E-state index is 5.79. The molecule has 0 atom stereocenters. The molecule has 0 bridgehead atoms. The second kappa shape index (κ2) is 8.16. The molecule has 1 aromatic carbocycles. The van der Waals surface area contributed by atoms with E-state index < -0.39 is 0 Å². The average molecular weight is 252 g/mol. The molecule has 0 aliphatic rings. The van der Waals surface area contributed by atoms with Gasteiger partial charge < -0.3 is 0 Å². The van der Waals surface area contributed by atoms with Crippen LogP contribution < -0.4 is 0 Å². The molecule has 3 heteroatoms. The Bertz CT molecular complexity index is 293. The predicted octanol–water partition coefficient (Wildman–Crippen LogP) is 5.27. The van der Waals surface area contributed by atoms with Crippen molar-refractivity contribution in [2.24, 2.45) is 0 Å². The fourth-order valence-corrected chi connectivity index (χ4v) is 1.19. The largest absolute Gasteiger partial charge is 0.122 e. The molecule has 14 heavy (non-hydrogen) atoms. The van der Waals surface area contributed by atoms with E-state index in [9.17, 15) is 0 Å². The van der Waals surface area contributed by atoms with Crippen LogP contribution >= 0.6 is 34.8 Å². The summed E-state index contributed by atoms with van der Waals surface area (Å²) in [7, 11) is 0. The van der Waals surface area contributed by atoms with Gasteiger partial charge in [0, 0.05) is 5.88 Å². The van der Waals surface area contributed by atoms with E-state index in [1.165, 1.54) is 0 Å². The highest BCUT2D eigenvalue weighted by atomic mass is 35.5. The van der Waals surface area contributed by atoms with E-state index in [4.69, 9.17) is 34.8 Å². The first-order chi connectivity index (χ1) is 6.74. The van der Waals surface area contributed by atoms with Gasteiger partial charge in [0.1, 0.15) is 0 Å². The van der Waals surface area contributed by atoms with Gasteiger partial charge in [-0.2, -0.15) is 0 Å². The lowest BCUT2D eigenvalue weighted by Crippen LogP contribution is -1.73. The highest BCUT2D eigenvalue weighted by molar-refractivity contribution is 6.42. The molecule has 0 spiro atoms. The molecule has 0 saturated carbocycles. The summed E-state index contributed by atoms with van der Waals surface area (Å²) >= 11 is 17.0. The molecule has 0 fully saturated rings. The summed E-state index contributed by atoms with van der Waals surface area (Å²) in [6, 6.07) is 5.45. The van der Waals surface area contributed by atoms with Gasteiger partial charge in [0.05, 0.1) is 10.0 Å². The van der Waals surface area contributed by atoms with Crippen molar-refractivity contribution in [3.05, 3.63) is 39.9 Å². The molecule has 0 aromatic heterocycles. The van der Waals surface area contributed by atoms with Crippen LogP contribution in [0.5, 0.6) is 0 Å². The van der Waals surface area contributed by atoms with Gasteiger partial charge in [0.2, 0.25) is 0 Å². The summed E-state index contributed by atoms with van der Waals surface area (Å²) in [5.41, 5.74) is 1.00. The quantitative estimate of drug-likeness (QED) is 0.628. The lowest BCUT2D eigenvalue weighted by molar-refractivity contribution is 1.50. The molecule has 0 saturated heterocycles. The SMILES string of the molecule is CC.ClC/C=C/c1ccc(Cl)c(Cl)c1. The molecule has 1 aromatic rings. The van der Waals surface area contributed by atoms with Crippen LogP contribution in [0.3, 0.4) is 0 Å². The summed E-state index contributed by atoms with van der Waals surface area (Å²) in [4.78, 5) is 0. The first-order valence-electron chi connectivity index (χ1n) is 4.41. The number of halogens is 3. The normalized spacial score (nSPS) is 9.79. The summed E-state index contributed by atoms with van der Waals surface area (Å²) in [5, 5.41) is 1.13. The Morgan fingerprint density at radius 2 is 1.79 bits per heavy atom. The van der Waals surface area contributed by atoms with Crippen molar-refractivity contribution in [1.29, 1.82) is 0 Å². The lowest BCUT2D eigenvalue weighted by atomic mass is 10.2. The van der Waals surface area contributed by atoms with Gasteiger partial charge >= 0.3 is 0 Å². The monoisotopic (exact) mass is 250 g/mol. The minimum Gasteiger partial charge on any atom is -0.122 e. The third-order valence-electron chi connectivity index (χ3n) is 1.34. The Balaban J connectivity index is 0.000000791. The molecule has 0 nitrogen and oxygen atoms in total. The van der Waals surface area contributed by atoms with Gasteiger partial charge in [-0.1, -0.05) is 55.3 Å². The Hall–Kier alpha value is -0.170. The first-order valence-corrected chi connectivity index (χ1v) is 5.70. The zero-order chi connectivity index (χ0) is 11.0. The van der Waals surface area contributed by atoms with Crippen molar-refractivity contribution in [2.45, 2.75) is 13.8 Å². The third-order valence-corrected chi connectivity index (χ3v) is 2.26. The summed E-state index contributed by atoms with van der Waals surface area (Å²) < 4.78 is 0. The molecule has 0 aliphatic heterocycles. The Labute approximate surface area is 100 Å². The standard InChI is InChI=1S/C9H7Cl3.C2H6/c10-5-1-2-7-3-4-8(11)9(12)6-7;1-2/h1-4,6H,5H2;1-2H3/b2-1+;. The number of hydrogen-bond donors (Lipinski definition) is 0. The number of rotatable bonds is 2. The molecular formula is C11H13Cl3. The minimum atomic E-state index is 0.500. The fraction of sp³-hybridized carbons (Fsp3) is 0.273. The van der Waals surface area contributed by atoms with Gasteiger partial charge in [-0.3, -0.25) is 0 Å². The molecule has 0 aliphatic carbocycles. The van der Waals surface area contributed by atoms with Crippen LogP contribution in [0.2, 0.25) is 10.0 Å². The lowest BCUT2D eigenvalue weighted by Gasteiger charge is -1.96. The van der Waals surface area contributed by atoms with Crippen molar-refractivity contribution in [3.8, 4) is 0 Å². The Morgan fingerprint density at radius 1 is 1.14 bits per heavy atom. The zero-order valence-electron chi connectivity index (χ0n) is 8.23. The van der Waals surface area contributed by atoms with Crippen molar-refractivity contribution < 1.29 is 0 Å². The van der Waals surface area contributed by atoms with Crippen LogP contribution in [-0.2, 0) is 0 Å². The number of benzene rings is 1. The fourth-order valence-electron chi connectivity index (χ4n) is 0.797. The van der Waals surface area contributed by atoms with Crippen molar-refractivity contribution in [2.75, 3.05) is 5.88 Å². The molecule has 0 radical (unpaired) electrons. The molecule has 0 unspecified atom stereocenters. The van der Waals surface area contributed by atoms with E-state index >= 15 is 0 Å². The van der Waals surface area contributed by atoms with Crippen LogP contribution in [0.1, 0.15) is 19.4 Å². The number of hydrogen-bond acceptors (Lipinski definition) is 0. The number of alkyl halides is 1. The van der Waals surface area contributed by atoms with Crippen molar-refractivity contribution in [3.63, 3.8) is 0 Å². The van der Waals surface area contributed by atoms with Crippen LogP contribution in [0, 0.1) is 0 Å². The van der Waals surface area contributed by atoms with E-state index in [0.717, 1.165) is 5.56 Å². The van der Waals surface area contributed by atoms with Crippen molar-refractivity contribution in [1.82, 2.24) is 0 Å². The van der Waals surface area contributed by atoms with E-state index in [0.29, 0.717) is 15.9 Å². The molecule has 0 N–H and O–H groups in total. The smallest absolute Gasteiger partial charge is 0.0598 e. The maximum absolute atomic E-state index is 5.79.